The molecule has 0 saturated carbocycles. The van der Waals surface area contributed by atoms with Gasteiger partial charge in [-0.15, -0.1) is 0 Å². The number of halogens is 3. The van der Waals surface area contributed by atoms with Crippen molar-refractivity contribution in [1.82, 2.24) is 25.0 Å². The van der Waals surface area contributed by atoms with Crippen molar-refractivity contribution in [3.8, 4) is 11.3 Å². The molecule has 160 valence electrons. The minimum Gasteiger partial charge on any atom is -0.352 e. The molecule has 10 heteroatoms. The van der Waals surface area contributed by atoms with Crippen LogP contribution in [0.2, 0.25) is 0 Å². The summed E-state index contributed by atoms with van der Waals surface area (Å²) in [7, 11) is 0. The van der Waals surface area contributed by atoms with Gasteiger partial charge in [-0.2, -0.15) is 13.2 Å². The number of alkyl halides is 3. The van der Waals surface area contributed by atoms with E-state index >= 15 is 0 Å². The van der Waals surface area contributed by atoms with Crippen LogP contribution >= 0.6 is 0 Å². The molecule has 0 radical (unpaired) electrons. The number of amides is 1. The fraction of sp³-hybridized carbons (Fsp3) is 0.238. The van der Waals surface area contributed by atoms with Gasteiger partial charge in [0.15, 0.2) is 0 Å². The van der Waals surface area contributed by atoms with Crippen LogP contribution in [-0.4, -0.2) is 32.1 Å². The Morgan fingerprint density at radius 2 is 2.06 bits per heavy atom. The van der Waals surface area contributed by atoms with Gasteiger partial charge in [0, 0.05) is 31.0 Å². The van der Waals surface area contributed by atoms with Crippen LogP contribution in [0.5, 0.6) is 0 Å². The van der Waals surface area contributed by atoms with Crippen LogP contribution in [-0.2, 0) is 12.7 Å². The van der Waals surface area contributed by atoms with Gasteiger partial charge < -0.3 is 14.4 Å². The second-order valence-corrected chi connectivity index (χ2v) is 6.96. The number of aromatic nitrogens is 4. The molecule has 0 aliphatic rings. The van der Waals surface area contributed by atoms with Crippen molar-refractivity contribution in [2.45, 2.75) is 26.1 Å². The lowest BCUT2D eigenvalue weighted by molar-refractivity contribution is -0.137. The van der Waals surface area contributed by atoms with E-state index in [2.05, 4.69) is 20.4 Å². The highest BCUT2D eigenvalue weighted by Crippen LogP contribution is 2.37. The molecule has 31 heavy (non-hydrogen) atoms. The molecule has 7 nitrogen and oxygen atoms in total. The van der Waals surface area contributed by atoms with Gasteiger partial charge in [-0.1, -0.05) is 23.4 Å². The molecule has 4 rings (SSSR count). The third kappa shape index (κ3) is 4.27. The molecule has 0 unspecified atom stereocenters. The summed E-state index contributed by atoms with van der Waals surface area (Å²) in [6, 6.07) is 6.42. The summed E-state index contributed by atoms with van der Waals surface area (Å²) in [5, 5.41) is 7.00. The Balaban J connectivity index is 1.66. The lowest BCUT2D eigenvalue weighted by atomic mass is 10.0. The fourth-order valence-electron chi connectivity index (χ4n) is 3.34. The maximum absolute atomic E-state index is 13.5. The number of nitrogens with one attached hydrogen (secondary N) is 1. The first kappa shape index (κ1) is 20.6. The minimum atomic E-state index is -4.57. The third-order valence-corrected chi connectivity index (χ3v) is 4.81. The van der Waals surface area contributed by atoms with Crippen molar-refractivity contribution in [3.05, 3.63) is 65.9 Å². The molecule has 1 aromatic carbocycles. The molecule has 0 bridgehead atoms. The summed E-state index contributed by atoms with van der Waals surface area (Å²) in [5.41, 5.74) is -0.388. The second kappa shape index (κ2) is 8.21. The Morgan fingerprint density at radius 3 is 2.81 bits per heavy atom. The van der Waals surface area contributed by atoms with Crippen LogP contribution < -0.4 is 5.32 Å². The van der Waals surface area contributed by atoms with E-state index in [0.29, 0.717) is 30.6 Å². The van der Waals surface area contributed by atoms with Crippen molar-refractivity contribution in [2.24, 2.45) is 0 Å². The zero-order valence-corrected chi connectivity index (χ0v) is 16.5. The van der Waals surface area contributed by atoms with E-state index in [4.69, 9.17) is 4.52 Å². The number of hydrogen-bond donors (Lipinski definition) is 1. The molecule has 0 aliphatic heterocycles. The highest BCUT2D eigenvalue weighted by atomic mass is 19.4. The van der Waals surface area contributed by atoms with Gasteiger partial charge in [-0.25, -0.2) is 9.97 Å². The number of benzene rings is 1. The summed E-state index contributed by atoms with van der Waals surface area (Å²) in [6.07, 6.45) is 1.25. The van der Waals surface area contributed by atoms with Crippen LogP contribution in [0, 0.1) is 6.92 Å². The van der Waals surface area contributed by atoms with Gasteiger partial charge >= 0.3 is 6.18 Å². The van der Waals surface area contributed by atoms with E-state index in [1.807, 2.05) is 10.8 Å². The summed E-state index contributed by atoms with van der Waals surface area (Å²) in [4.78, 5) is 21.0. The number of pyridine rings is 1. The van der Waals surface area contributed by atoms with Crippen molar-refractivity contribution >= 4 is 17.0 Å². The predicted octanol–water partition coefficient (Wildman–Crippen LogP) is 4.23. The number of aryl methyl sites for hydroxylation is 2. The van der Waals surface area contributed by atoms with Crippen LogP contribution in [0.1, 0.15) is 28.0 Å². The van der Waals surface area contributed by atoms with E-state index in [1.165, 1.54) is 24.3 Å². The standard InChI is InChI=1S/C21H18F3N5O2/c1-13-18-15(19(30)26-7-4-9-29-10-8-25-12-29)11-17(27-20(18)31-28-13)14-5-2-3-6-16(14)21(22,23)24/h2-3,5-6,8,10-12H,4,7,9H2,1H3,(H,26,30). The number of rotatable bonds is 6. The van der Waals surface area contributed by atoms with Crippen LogP contribution in [0.25, 0.3) is 22.4 Å². The maximum atomic E-state index is 13.5. The maximum Gasteiger partial charge on any atom is 0.417 e. The first-order valence-electron chi connectivity index (χ1n) is 9.52. The highest BCUT2D eigenvalue weighted by Gasteiger charge is 2.34. The fourth-order valence-corrected chi connectivity index (χ4v) is 3.34. The van der Waals surface area contributed by atoms with Gasteiger partial charge in [0.2, 0.25) is 0 Å². The largest absolute Gasteiger partial charge is 0.417 e. The molecular formula is C21H18F3N5O2. The molecular weight excluding hydrogens is 411 g/mol. The molecule has 0 saturated heterocycles. The zero-order chi connectivity index (χ0) is 22.0. The number of carbonyl (C=O) groups excluding carboxylic acids is 1. The van der Waals surface area contributed by atoms with Gasteiger partial charge in [-0.3, -0.25) is 4.79 Å². The number of carbonyl (C=O) groups is 1. The van der Waals surface area contributed by atoms with Gasteiger partial charge in [-0.05, 0) is 25.5 Å². The molecule has 3 heterocycles. The Labute approximate surface area is 174 Å². The lowest BCUT2D eigenvalue weighted by Gasteiger charge is -2.13. The van der Waals surface area contributed by atoms with Gasteiger partial charge in [0.25, 0.3) is 11.6 Å². The Morgan fingerprint density at radius 1 is 1.26 bits per heavy atom. The van der Waals surface area contributed by atoms with E-state index < -0.39 is 17.6 Å². The molecule has 4 aromatic rings. The van der Waals surface area contributed by atoms with Crippen LogP contribution in [0.3, 0.4) is 0 Å². The van der Waals surface area contributed by atoms with Gasteiger partial charge in [0.1, 0.15) is 0 Å². The second-order valence-electron chi connectivity index (χ2n) is 6.96. The minimum absolute atomic E-state index is 0.00976. The number of imidazole rings is 1. The van der Waals surface area contributed by atoms with Crippen LogP contribution in [0.15, 0.2) is 53.6 Å². The summed E-state index contributed by atoms with van der Waals surface area (Å²) in [5.74, 6) is -0.435. The molecule has 1 N–H and O–H groups in total. The van der Waals surface area contributed by atoms with Crippen molar-refractivity contribution in [1.29, 1.82) is 0 Å². The number of fused-ring (bicyclic) bond motifs is 1. The summed E-state index contributed by atoms with van der Waals surface area (Å²) < 4.78 is 47.5. The lowest BCUT2D eigenvalue weighted by Crippen LogP contribution is -2.25. The first-order chi connectivity index (χ1) is 14.8. The highest BCUT2D eigenvalue weighted by molar-refractivity contribution is 6.07. The van der Waals surface area contributed by atoms with Crippen molar-refractivity contribution in [3.63, 3.8) is 0 Å². The SMILES string of the molecule is Cc1noc2nc(-c3ccccc3C(F)(F)F)cc(C(=O)NCCCn3ccnc3)c12. The van der Waals surface area contributed by atoms with E-state index in [0.717, 1.165) is 6.07 Å². The molecule has 0 atom stereocenters. The third-order valence-electron chi connectivity index (χ3n) is 4.81. The molecule has 3 aromatic heterocycles. The summed E-state index contributed by atoms with van der Waals surface area (Å²) >= 11 is 0. The predicted molar refractivity (Wildman–Crippen MR) is 106 cm³/mol. The average Bonchev–Trinajstić information content (AvgIpc) is 3.40. The van der Waals surface area contributed by atoms with Crippen LogP contribution in [0.4, 0.5) is 13.2 Å². The normalized spacial score (nSPS) is 11.7. The smallest absolute Gasteiger partial charge is 0.352 e. The number of nitrogens with zero attached hydrogens (tertiary/aromatic N) is 4. The molecule has 1 amide bonds. The average molecular weight is 429 g/mol. The first-order valence-corrected chi connectivity index (χ1v) is 9.52. The van der Waals surface area contributed by atoms with Gasteiger partial charge in [0.05, 0.1) is 34.2 Å². The Bertz CT molecular complexity index is 1220. The van der Waals surface area contributed by atoms with Crippen molar-refractivity contribution in [2.75, 3.05) is 6.54 Å². The number of hydrogen-bond acceptors (Lipinski definition) is 5. The molecule has 0 fully saturated rings. The van der Waals surface area contributed by atoms with E-state index in [-0.39, 0.29) is 22.5 Å². The molecule has 0 spiro atoms. The van der Waals surface area contributed by atoms with Crippen molar-refractivity contribution < 1.29 is 22.5 Å². The monoisotopic (exact) mass is 429 g/mol. The quantitative estimate of drug-likeness (QED) is 0.464. The Hall–Kier alpha value is -3.69. The summed E-state index contributed by atoms with van der Waals surface area (Å²) in [6.45, 7) is 2.69. The molecule has 0 aliphatic carbocycles. The topological polar surface area (TPSA) is 85.8 Å². The Kier molecular flexibility index (Phi) is 5.45. The zero-order valence-electron chi connectivity index (χ0n) is 16.5. The van der Waals surface area contributed by atoms with E-state index in [1.54, 1.807) is 19.4 Å². The van der Waals surface area contributed by atoms with E-state index in [9.17, 15) is 18.0 Å².